The number of nitrogens with one attached hydrogen (secondary N) is 1. The molecule has 0 aliphatic heterocycles. The van der Waals surface area contributed by atoms with E-state index in [0.29, 0.717) is 12.8 Å². The number of rotatable bonds is 38. The number of amides is 1. The third-order valence-electron chi connectivity index (χ3n) is 9.31. The molecule has 1 unspecified atom stereocenters. The summed E-state index contributed by atoms with van der Waals surface area (Å²) in [4.78, 5) is 34.9. The third kappa shape index (κ3) is 38.4. The van der Waals surface area contributed by atoms with E-state index in [1.165, 1.54) is 116 Å². The molecule has 0 heterocycles. The minimum absolute atomic E-state index is 0.000754. The first-order valence-electron chi connectivity index (χ1n) is 21.1. The Kier molecular flexibility index (Phi) is 37.5. The maximum atomic E-state index is 12.6. The van der Waals surface area contributed by atoms with Crippen LogP contribution in [0, 0.1) is 0 Å². The van der Waals surface area contributed by atoms with Gasteiger partial charge in [-0.1, -0.05) is 159 Å². The van der Waals surface area contributed by atoms with Gasteiger partial charge in [0.25, 0.3) is 0 Å². The Labute approximate surface area is 308 Å². The molecule has 0 aromatic carbocycles. The molecule has 50 heavy (non-hydrogen) atoms. The van der Waals surface area contributed by atoms with Gasteiger partial charge in [0.15, 0.2) is 0 Å². The van der Waals surface area contributed by atoms with Crippen LogP contribution in [0.4, 0.5) is 0 Å². The summed E-state index contributed by atoms with van der Waals surface area (Å²) in [6.45, 7) is 4.18. The van der Waals surface area contributed by atoms with Gasteiger partial charge in [0.05, 0.1) is 0 Å². The van der Waals surface area contributed by atoms with Gasteiger partial charge >= 0.3 is 11.9 Å². The van der Waals surface area contributed by atoms with Crippen LogP contribution in [-0.4, -0.2) is 35.6 Å². The number of hydrogen-bond donors (Lipinski definition) is 2. The summed E-state index contributed by atoms with van der Waals surface area (Å²) in [5.41, 5.74) is 0. The van der Waals surface area contributed by atoms with Crippen molar-refractivity contribution in [1.29, 1.82) is 0 Å². The second-order valence-electron chi connectivity index (χ2n) is 14.2. The topological polar surface area (TPSA) is 92.7 Å². The molecule has 0 rings (SSSR count). The van der Waals surface area contributed by atoms with E-state index in [0.717, 1.165) is 70.6 Å². The van der Waals surface area contributed by atoms with E-state index in [1.807, 2.05) is 0 Å². The van der Waals surface area contributed by atoms with Crippen LogP contribution in [0.1, 0.15) is 213 Å². The summed E-state index contributed by atoms with van der Waals surface area (Å²) >= 11 is 0. The molecule has 0 spiro atoms. The standard InChI is InChI=1S/C44H79NO5/c1-3-5-7-9-11-12-13-14-15-16-17-18-19-20-21-22-23-24-25-26-27-29-35-39-44(49)50-41(36-32-28-10-8-6-4-2)37-33-30-31-34-38-42(46)45-40-43(47)48/h13-14,16-17,19-20,41H,3-12,15,18,21-40H2,1-2H3,(H,45,46)(H,47,48)/b14-13-,17-16-,20-19-. The summed E-state index contributed by atoms with van der Waals surface area (Å²) in [7, 11) is 0. The molecule has 0 saturated carbocycles. The highest BCUT2D eigenvalue weighted by molar-refractivity contribution is 5.80. The zero-order valence-electron chi connectivity index (χ0n) is 32.7. The second-order valence-corrected chi connectivity index (χ2v) is 14.2. The highest BCUT2D eigenvalue weighted by Gasteiger charge is 2.14. The number of allylic oxidation sites excluding steroid dienone is 6. The predicted molar refractivity (Wildman–Crippen MR) is 212 cm³/mol. The molecule has 290 valence electrons. The van der Waals surface area contributed by atoms with Gasteiger partial charge in [-0.15, -0.1) is 0 Å². The van der Waals surface area contributed by atoms with Crippen molar-refractivity contribution in [3.05, 3.63) is 36.5 Å². The maximum Gasteiger partial charge on any atom is 0.322 e. The Morgan fingerprint density at radius 1 is 0.520 bits per heavy atom. The van der Waals surface area contributed by atoms with Crippen LogP contribution in [0.5, 0.6) is 0 Å². The van der Waals surface area contributed by atoms with Gasteiger partial charge in [-0.25, -0.2) is 0 Å². The van der Waals surface area contributed by atoms with Crippen LogP contribution in [0.25, 0.3) is 0 Å². The van der Waals surface area contributed by atoms with Crippen molar-refractivity contribution in [3.63, 3.8) is 0 Å². The van der Waals surface area contributed by atoms with E-state index in [-0.39, 0.29) is 24.5 Å². The fraction of sp³-hybridized carbons (Fsp3) is 0.795. The molecule has 0 aliphatic carbocycles. The van der Waals surface area contributed by atoms with E-state index < -0.39 is 5.97 Å². The maximum absolute atomic E-state index is 12.6. The Morgan fingerprint density at radius 2 is 0.920 bits per heavy atom. The molecule has 0 fully saturated rings. The van der Waals surface area contributed by atoms with Gasteiger partial charge in [-0.3, -0.25) is 14.4 Å². The zero-order valence-corrected chi connectivity index (χ0v) is 32.7. The first-order valence-corrected chi connectivity index (χ1v) is 21.1. The van der Waals surface area contributed by atoms with Gasteiger partial charge in [-0.05, 0) is 77.0 Å². The van der Waals surface area contributed by atoms with Gasteiger partial charge in [0.1, 0.15) is 12.6 Å². The van der Waals surface area contributed by atoms with Crippen LogP contribution < -0.4 is 5.32 Å². The molecule has 0 bridgehead atoms. The van der Waals surface area contributed by atoms with Crippen molar-refractivity contribution in [2.45, 2.75) is 219 Å². The molecule has 1 atom stereocenters. The van der Waals surface area contributed by atoms with Gasteiger partial charge < -0.3 is 15.2 Å². The lowest BCUT2D eigenvalue weighted by Gasteiger charge is -2.18. The van der Waals surface area contributed by atoms with Gasteiger partial charge in [-0.2, -0.15) is 0 Å². The molecule has 0 aromatic rings. The molecule has 6 heteroatoms. The van der Waals surface area contributed by atoms with Crippen LogP contribution in [0.15, 0.2) is 36.5 Å². The van der Waals surface area contributed by atoms with Crippen molar-refractivity contribution in [2.75, 3.05) is 6.54 Å². The SMILES string of the molecule is CCCCCCC/C=C\C/C=C\C/C=C\CCCCCCCCCCC(=O)OC(CCCCCCCC)CCCCCCC(=O)NCC(=O)O. The lowest BCUT2D eigenvalue weighted by Crippen LogP contribution is -2.28. The summed E-state index contributed by atoms with van der Waals surface area (Å²) in [5.74, 6) is -1.27. The summed E-state index contributed by atoms with van der Waals surface area (Å²) in [5, 5.41) is 11.1. The van der Waals surface area contributed by atoms with Crippen LogP contribution in [0.2, 0.25) is 0 Å². The van der Waals surface area contributed by atoms with Crippen molar-refractivity contribution in [2.24, 2.45) is 0 Å². The number of carbonyl (C=O) groups excluding carboxylic acids is 2. The van der Waals surface area contributed by atoms with Gasteiger partial charge in [0, 0.05) is 12.8 Å². The first-order chi connectivity index (χ1) is 24.5. The molecule has 0 aromatic heterocycles. The Bertz CT molecular complexity index is 864. The highest BCUT2D eigenvalue weighted by atomic mass is 16.5. The number of carboxylic acid groups (broad SMARTS) is 1. The molecule has 1 amide bonds. The lowest BCUT2D eigenvalue weighted by molar-refractivity contribution is -0.150. The fourth-order valence-corrected chi connectivity index (χ4v) is 6.17. The van der Waals surface area contributed by atoms with E-state index in [1.54, 1.807) is 0 Å². The molecule has 0 saturated heterocycles. The van der Waals surface area contributed by atoms with E-state index >= 15 is 0 Å². The predicted octanol–water partition coefficient (Wildman–Crippen LogP) is 12.9. The number of hydrogen-bond acceptors (Lipinski definition) is 4. The minimum atomic E-state index is -1.02. The van der Waals surface area contributed by atoms with E-state index in [4.69, 9.17) is 9.84 Å². The Morgan fingerprint density at radius 3 is 1.40 bits per heavy atom. The fourth-order valence-electron chi connectivity index (χ4n) is 6.17. The van der Waals surface area contributed by atoms with Crippen molar-refractivity contribution in [1.82, 2.24) is 5.32 Å². The Balaban J connectivity index is 3.90. The number of aliphatic carboxylic acids is 1. The molecule has 0 radical (unpaired) electrons. The molecular formula is C44H79NO5. The quantitative estimate of drug-likeness (QED) is 0.0380. The van der Waals surface area contributed by atoms with Crippen molar-refractivity contribution in [3.8, 4) is 0 Å². The number of unbranched alkanes of at least 4 members (excludes halogenated alkanes) is 21. The summed E-state index contributed by atoms with van der Waals surface area (Å²) in [6, 6.07) is 0. The first kappa shape index (κ1) is 47.6. The zero-order chi connectivity index (χ0) is 36.6. The number of ether oxygens (including phenoxy) is 1. The van der Waals surface area contributed by atoms with Crippen LogP contribution >= 0.6 is 0 Å². The van der Waals surface area contributed by atoms with Crippen LogP contribution in [0.3, 0.4) is 0 Å². The summed E-state index contributed by atoms with van der Waals surface area (Å²) < 4.78 is 5.96. The molecule has 2 N–H and O–H groups in total. The summed E-state index contributed by atoms with van der Waals surface area (Å²) in [6.07, 6.45) is 48.5. The highest BCUT2D eigenvalue weighted by Crippen LogP contribution is 2.18. The smallest absolute Gasteiger partial charge is 0.322 e. The average Bonchev–Trinajstić information content (AvgIpc) is 3.10. The van der Waals surface area contributed by atoms with Gasteiger partial charge in [0.2, 0.25) is 5.91 Å². The van der Waals surface area contributed by atoms with E-state index in [2.05, 4.69) is 55.6 Å². The van der Waals surface area contributed by atoms with E-state index in [9.17, 15) is 14.4 Å². The average molecular weight is 702 g/mol. The Hall–Kier alpha value is -2.37. The monoisotopic (exact) mass is 702 g/mol. The molecule has 6 nitrogen and oxygen atoms in total. The van der Waals surface area contributed by atoms with Crippen molar-refractivity contribution >= 4 is 17.8 Å². The number of esters is 1. The number of carboxylic acids is 1. The molecular weight excluding hydrogens is 622 g/mol. The lowest BCUT2D eigenvalue weighted by atomic mass is 10.0. The van der Waals surface area contributed by atoms with Crippen molar-refractivity contribution < 1.29 is 24.2 Å². The largest absolute Gasteiger partial charge is 0.480 e. The molecule has 0 aliphatic rings. The minimum Gasteiger partial charge on any atom is -0.480 e. The van der Waals surface area contributed by atoms with Crippen LogP contribution in [-0.2, 0) is 19.1 Å². The number of carbonyl (C=O) groups is 3. The normalized spacial score (nSPS) is 12.4. The third-order valence-corrected chi connectivity index (χ3v) is 9.31. The second kappa shape index (κ2) is 39.4.